The van der Waals surface area contributed by atoms with Crippen molar-refractivity contribution < 1.29 is 14.2 Å². The molecule has 19 heavy (non-hydrogen) atoms. The van der Waals surface area contributed by atoms with Gasteiger partial charge in [0.2, 0.25) is 0 Å². The highest BCUT2D eigenvalue weighted by molar-refractivity contribution is 5.79. The monoisotopic (exact) mass is 273 g/mol. The molecule has 1 saturated heterocycles. The molecular weight excluding hydrogens is 246 g/mol. The Hall–Kier alpha value is -0.850. The molecule has 2 N–H and O–H groups in total. The van der Waals surface area contributed by atoms with Crippen molar-refractivity contribution in [3.05, 3.63) is 0 Å². The summed E-state index contributed by atoms with van der Waals surface area (Å²) in [5.74, 6) is 0.806. The summed E-state index contributed by atoms with van der Waals surface area (Å²) in [6.07, 6.45) is 2.56. The van der Waals surface area contributed by atoms with Crippen molar-refractivity contribution in [2.45, 2.75) is 25.9 Å². The maximum atomic E-state index is 5.56. The highest BCUT2D eigenvalue weighted by atomic mass is 16.5. The molecule has 1 atom stereocenters. The summed E-state index contributed by atoms with van der Waals surface area (Å²) in [5, 5.41) is 6.36. The van der Waals surface area contributed by atoms with Gasteiger partial charge in [-0.25, -0.2) is 0 Å². The van der Waals surface area contributed by atoms with Gasteiger partial charge in [0.15, 0.2) is 5.96 Å². The summed E-state index contributed by atoms with van der Waals surface area (Å²) in [6.45, 7) is 7.13. The first-order chi connectivity index (χ1) is 9.36. The largest absolute Gasteiger partial charge is 0.383 e. The third kappa shape index (κ3) is 8.02. The van der Waals surface area contributed by atoms with Crippen LogP contribution in [0, 0.1) is 0 Å². The zero-order valence-electron chi connectivity index (χ0n) is 12.1. The van der Waals surface area contributed by atoms with Crippen molar-refractivity contribution in [1.29, 1.82) is 0 Å². The molecule has 0 radical (unpaired) electrons. The molecule has 1 heterocycles. The van der Waals surface area contributed by atoms with Gasteiger partial charge in [-0.2, -0.15) is 0 Å². The van der Waals surface area contributed by atoms with E-state index in [1.165, 1.54) is 0 Å². The maximum absolute atomic E-state index is 5.56. The minimum atomic E-state index is 0.289. The molecule has 1 aliphatic heterocycles. The Morgan fingerprint density at radius 3 is 2.95 bits per heavy atom. The van der Waals surface area contributed by atoms with Gasteiger partial charge in [0, 0.05) is 26.8 Å². The Balaban J connectivity index is 2.07. The Kier molecular flexibility index (Phi) is 9.40. The van der Waals surface area contributed by atoms with Gasteiger partial charge >= 0.3 is 0 Å². The minimum Gasteiger partial charge on any atom is -0.383 e. The SMILES string of the molecule is CCNC(=NCCOCC1CCCO1)NCCOC. The van der Waals surface area contributed by atoms with Gasteiger partial charge in [0.05, 0.1) is 32.5 Å². The van der Waals surface area contributed by atoms with Crippen LogP contribution in [0.15, 0.2) is 4.99 Å². The summed E-state index contributed by atoms with van der Waals surface area (Å²) < 4.78 is 16.0. The summed E-state index contributed by atoms with van der Waals surface area (Å²) in [7, 11) is 1.69. The number of hydrogen-bond acceptors (Lipinski definition) is 4. The van der Waals surface area contributed by atoms with E-state index < -0.39 is 0 Å². The van der Waals surface area contributed by atoms with Gasteiger partial charge in [-0.05, 0) is 19.8 Å². The number of rotatable bonds is 9. The number of aliphatic imine (C=N–C) groups is 1. The van der Waals surface area contributed by atoms with Crippen molar-refractivity contribution in [3.8, 4) is 0 Å². The zero-order chi connectivity index (χ0) is 13.8. The minimum absolute atomic E-state index is 0.289. The second-order valence-corrected chi connectivity index (χ2v) is 4.39. The topological polar surface area (TPSA) is 64.1 Å². The molecule has 1 aliphatic rings. The Morgan fingerprint density at radius 2 is 2.26 bits per heavy atom. The molecule has 1 unspecified atom stereocenters. The van der Waals surface area contributed by atoms with E-state index in [0.717, 1.165) is 38.5 Å². The lowest BCUT2D eigenvalue weighted by molar-refractivity contribution is 0.0200. The molecule has 112 valence electrons. The van der Waals surface area contributed by atoms with Crippen LogP contribution < -0.4 is 10.6 Å². The van der Waals surface area contributed by atoms with Crippen LogP contribution in [0.2, 0.25) is 0 Å². The standard InChI is InChI=1S/C13H27N3O3/c1-3-14-13(15-6-9-17-2)16-7-10-18-11-12-5-4-8-19-12/h12H,3-11H2,1-2H3,(H2,14,15,16). The van der Waals surface area contributed by atoms with E-state index in [9.17, 15) is 0 Å². The van der Waals surface area contributed by atoms with Crippen molar-refractivity contribution in [3.63, 3.8) is 0 Å². The van der Waals surface area contributed by atoms with E-state index in [-0.39, 0.29) is 6.10 Å². The van der Waals surface area contributed by atoms with Gasteiger partial charge in [-0.1, -0.05) is 0 Å². The quantitative estimate of drug-likeness (QED) is 0.361. The fourth-order valence-corrected chi connectivity index (χ4v) is 1.83. The number of ether oxygens (including phenoxy) is 3. The third-order valence-electron chi connectivity index (χ3n) is 2.78. The van der Waals surface area contributed by atoms with Crippen molar-refractivity contribution in [2.24, 2.45) is 4.99 Å². The number of hydrogen-bond donors (Lipinski definition) is 2. The van der Waals surface area contributed by atoms with Gasteiger partial charge in [-0.3, -0.25) is 4.99 Å². The smallest absolute Gasteiger partial charge is 0.191 e. The Bertz CT molecular complexity index is 243. The van der Waals surface area contributed by atoms with Crippen LogP contribution in [0.1, 0.15) is 19.8 Å². The first kappa shape index (κ1) is 16.2. The molecule has 0 saturated carbocycles. The van der Waals surface area contributed by atoms with Crippen LogP contribution in [-0.4, -0.2) is 65.2 Å². The fraction of sp³-hybridized carbons (Fsp3) is 0.923. The molecule has 6 nitrogen and oxygen atoms in total. The average Bonchev–Trinajstić information content (AvgIpc) is 2.91. The van der Waals surface area contributed by atoms with E-state index >= 15 is 0 Å². The van der Waals surface area contributed by atoms with E-state index in [2.05, 4.69) is 15.6 Å². The van der Waals surface area contributed by atoms with Crippen molar-refractivity contribution >= 4 is 5.96 Å². The molecule has 0 bridgehead atoms. The van der Waals surface area contributed by atoms with Gasteiger partial charge < -0.3 is 24.8 Å². The summed E-state index contributed by atoms with van der Waals surface area (Å²) >= 11 is 0. The second kappa shape index (κ2) is 11.0. The molecule has 0 aromatic rings. The second-order valence-electron chi connectivity index (χ2n) is 4.39. The number of nitrogens with zero attached hydrogens (tertiary/aromatic N) is 1. The van der Waals surface area contributed by atoms with E-state index in [0.29, 0.717) is 26.4 Å². The molecule has 1 rings (SSSR count). The third-order valence-corrected chi connectivity index (χ3v) is 2.78. The van der Waals surface area contributed by atoms with Crippen LogP contribution in [-0.2, 0) is 14.2 Å². The molecule has 0 amide bonds. The Labute approximate surface area is 115 Å². The number of methoxy groups -OCH3 is 1. The first-order valence-corrected chi connectivity index (χ1v) is 7.07. The predicted molar refractivity (Wildman–Crippen MR) is 75.7 cm³/mol. The van der Waals surface area contributed by atoms with E-state index in [4.69, 9.17) is 14.2 Å². The lowest BCUT2D eigenvalue weighted by Gasteiger charge is -2.11. The maximum Gasteiger partial charge on any atom is 0.191 e. The van der Waals surface area contributed by atoms with Gasteiger partial charge in [0.25, 0.3) is 0 Å². The van der Waals surface area contributed by atoms with Crippen LogP contribution in [0.25, 0.3) is 0 Å². The Morgan fingerprint density at radius 1 is 1.37 bits per heavy atom. The lowest BCUT2D eigenvalue weighted by Crippen LogP contribution is -2.39. The van der Waals surface area contributed by atoms with Crippen LogP contribution in [0.3, 0.4) is 0 Å². The van der Waals surface area contributed by atoms with E-state index in [1.54, 1.807) is 7.11 Å². The van der Waals surface area contributed by atoms with Crippen LogP contribution in [0.5, 0.6) is 0 Å². The average molecular weight is 273 g/mol. The van der Waals surface area contributed by atoms with Crippen molar-refractivity contribution in [1.82, 2.24) is 10.6 Å². The molecule has 6 heteroatoms. The predicted octanol–water partition coefficient (Wildman–Crippen LogP) is 0.384. The van der Waals surface area contributed by atoms with E-state index in [1.807, 2.05) is 6.92 Å². The zero-order valence-corrected chi connectivity index (χ0v) is 12.1. The molecule has 0 spiro atoms. The lowest BCUT2D eigenvalue weighted by atomic mass is 10.2. The summed E-state index contributed by atoms with van der Waals surface area (Å²) in [6, 6.07) is 0. The van der Waals surface area contributed by atoms with Crippen LogP contribution in [0.4, 0.5) is 0 Å². The fourth-order valence-electron chi connectivity index (χ4n) is 1.83. The molecule has 0 aromatic carbocycles. The van der Waals surface area contributed by atoms with Gasteiger partial charge in [0.1, 0.15) is 0 Å². The summed E-state index contributed by atoms with van der Waals surface area (Å²) in [5.41, 5.74) is 0. The number of nitrogens with one attached hydrogen (secondary N) is 2. The summed E-state index contributed by atoms with van der Waals surface area (Å²) in [4.78, 5) is 4.42. The normalized spacial score (nSPS) is 19.7. The first-order valence-electron chi connectivity index (χ1n) is 7.07. The highest BCUT2D eigenvalue weighted by Gasteiger charge is 2.14. The molecule has 1 fully saturated rings. The molecule has 0 aliphatic carbocycles. The van der Waals surface area contributed by atoms with Crippen molar-refractivity contribution in [2.75, 3.05) is 53.2 Å². The highest BCUT2D eigenvalue weighted by Crippen LogP contribution is 2.11. The number of guanidine groups is 1. The van der Waals surface area contributed by atoms with Crippen LogP contribution >= 0.6 is 0 Å². The molecule has 0 aromatic heterocycles. The molecular formula is C13H27N3O3. The van der Waals surface area contributed by atoms with Gasteiger partial charge in [-0.15, -0.1) is 0 Å².